The summed E-state index contributed by atoms with van der Waals surface area (Å²) < 4.78 is 11.1. The molecule has 0 heterocycles. The molecule has 1 rings (SSSR count). The molecular formula is C15H26N2O2. The van der Waals surface area contributed by atoms with Crippen molar-refractivity contribution in [3.63, 3.8) is 0 Å². The summed E-state index contributed by atoms with van der Waals surface area (Å²) in [4.78, 5) is 2.35. The number of benzene rings is 1. The number of hydrogen-bond donors (Lipinski definition) is 1. The van der Waals surface area contributed by atoms with E-state index in [4.69, 9.17) is 9.47 Å². The molecule has 0 unspecified atom stereocenters. The van der Waals surface area contributed by atoms with Gasteiger partial charge < -0.3 is 19.7 Å². The van der Waals surface area contributed by atoms with Crippen molar-refractivity contribution in [1.82, 2.24) is 10.2 Å². The van der Waals surface area contributed by atoms with E-state index in [1.54, 1.807) is 7.11 Å². The highest BCUT2D eigenvalue weighted by Crippen LogP contribution is 2.24. The Kier molecular flexibility index (Phi) is 7.30. The van der Waals surface area contributed by atoms with E-state index >= 15 is 0 Å². The molecule has 4 nitrogen and oxygen atoms in total. The number of hydrogen-bond acceptors (Lipinski definition) is 4. The molecule has 0 saturated heterocycles. The number of rotatable bonds is 9. The molecule has 0 saturated carbocycles. The Hall–Kier alpha value is -1.26. The average molecular weight is 266 g/mol. The first-order chi connectivity index (χ1) is 9.24. The molecule has 0 fully saturated rings. The van der Waals surface area contributed by atoms with Crippen LogP contribution < -0.4 is 14.8 Å². The highest BCUT2D eigenvalue weighted by molar-refractivity contribution is 5.40. The molecule has 0 aliphatic rings. The molecule has 0 aliphatic heterocycles. The predicted molar refractivity (Wildman–Crippen MR) is 79.0 cm³/mol. The number of likely N-dealkylation sites (N-methyl/N-ethyl adjacent to an activating group) is 1. The third kappa shape index (κ3) is 5.09. The van der Waals surface area contributed by atoms with Gasteiger partial charge in [-0.1, -0.05) is 13.8 Å². The van der Waals surface area contributed by atoms with Crippen LogP contribution >= 0.6 is 0 Å². The van der Waals surface area contributed by atoms with Crippen LogP contribution in [-0.2, 0) is 6.54 Å². The molecule has 108 valence electrons. The Morgan fingerprint density at radius 3 is 2.53 bits per heavy atom. The maximum atomic E-state index is 5.89. The summed E-state index contributed by atoms with van der Waals surface area (Å²) in [6.45, 7) is 8.91. The molecule has 1 aromatic carbocycles. The third-order valence-electron chi connectivity index (χ3n) is 3.19. The second-order valence-corrected chi connectivity index (χ2v) is 4.38. The number of nitrogens with one attached hydrogen (secondary N) is 1. The SMILES string of the molecule is CCN(CC)CCOc1ccc(OC)cc1CNC. The fraction of sp³-hybridized carbons (Fsp3) is 0.600. The molecule has 1 N–H and O–H groups in total. The first-order valence-electron chi connectivity index (χ1n) is 6.91. The minimum absolute atomic E-state index is 0.713. The van der Waals surface area contributed by atoms with Crippen molar-refractivity contribution in [2.75, 3.05) is 40.4 Å². The molecule has 0 radical (unpaired) electrons. The number of nitrogens with zero attached hydrogens (tertiary/aromatic N) is 1. The minimum Gasteiger partial charge on any atom is -0.497 e. The topological polar surface area (TPSA) is 33.7 Å². The van der Waals surface area contributed by atoms with Gasteiger partial charge in [0.1, 0.15) is 18.1 Å². The average Bonchev–Trinajstić information content (AvgIpc) is 2.45. The van der Waals surface area contributed by atoms with E-state index in [0.29, 0.717) is 6.61 Å². The number of methoxy groups -OCH3 is 1. The van der Waals surface area contributed by atoms with Gasteiger partial charge in [-0.05, 0) is 38.3 Å². The van der Waals surface area contributed by atoms with Crippen LogP contribution in [0.3, 0.4) is 0 Å². The molecular weight excluding hydrogens is 240 g/mol. The Balaban J connectivity index is 2.61. The van der Waals surface area contributed by atoms with Crippen LogP contribution in [0.25, 0.3) is 0 Å². The van der Waals surface area contributed by atoms with Gasteiger partial charge in [0.25, 0.3) is 0 Å². The van der Waals surface area contributed by atoms with Crippen LogP contribution in [0.15, 0.2) is 18.2 Å². The second-order valence-electron chi connectivity index (χ2n) is 4.38. The summed E-state index contributed by atoms with van der Waals surface area (Å²) >= 11 is 0. The van der Waals surface area contributed by atoms with E-state index in [2.05, 4.69) is 24.1 Å². The molecule has 0 atom stereocenters. The van der Waals surface area contributed by atoms with E-state index in [1.165, 1.54) is 0 Å². The molecule has 0 amide bonds. The van der Waals surface area contributed by atoms with Gasteiger partial charge in [-0.15, -0.1) is 0 Å². The quantitative estimate of drug-likeness (QED) is 0.742. The maximum absolute atomic E-state index is 5.89. The van der Waals surface area contributed by atoms with Gasteiger partial charge in [0.15, 0.2) is 0 Å². The van der Waals surface area contributed by atoms with Crippen molar-refractivity contribution in [3.8, 4) is 11.5 Å². The van der Waals surface area contributed by atoms with E-state index in [-0.39, 0.29) is 0 Å². The van der Waals surface area contributed by atoms with Gasteiger partial charge in [0.05, 0.1) is 7.11 Å². The van der Waals surface area contributed by atoms with Crippen molar-refractivity contribution in [3.05, 3.63) is 23.8 Å². The van der Waals surface area contributed by atoms with Crippen LogP contribution in [0.4, 0.5) is 0 Å². The Morgan fingerprint density at radius 1 is 1.21 bits per heavy atom. The molecule has 0 bridgehead atoms. The van der Waals surface area contributed by atoms with Gasteiger partial charge in [0.2, 0.25) is 0 Å². The summed E-state index contributed by atoms with van der Waals surface area (Å²) in [5.74, 6) is 1.80. The van der Waals surface area contributed by atoms with Gasteiger partial charge in [-0.3, -0.25) is 0 Å². The van der Waals surface area contributed by atoms with Crippen LogP contribution in [0.1, 0.15) is 19.4 Å². The predicted octanol–water partition coefficient (Wildman–Crippen LogP) is 2.14. The molecule has 0 aliphatic carbocycles. The summed E-state index contributed by atoms with van der Waals surface area (Å²) in [5, 5.41) is 3.15. The van der Waals surface area contributed by atoms with Crippen molar-refractivity contribution >= 4 is 0 Å². The normalized spacial score (nSPS) is 10.8. The Morgan fingerprint density at radius 2 is 1.95 bits per heavy atom. The highest BCUT2D eigenvalue weighted by Gasteiger charge is 2.06. The fourth-order valence-corrected chi connectivity index (χ4v) is 1.98. The van der Waals surface area contributed by atoms with E-state index in [0.717, 1.165) is 43.2 Å². The van der Waals surface area contributed by atoms with Crippen molar-refractivity contribution in [1.29, 1.82) is 0 Å². The number of ether oxygens (including phenoxy) is 2. The van der Waals surface area contributed by atoms with Gasteiger partial charge in [-0.2, -0.15) is 0 Å². The lowest BCUT2D eigenvalue weighted by molar-refractivity contribution is 0.221. The standard InChI is InChI=1S/C15H26N2O2/c1-5-17(6-2)9-10-19-15-8-7-14(18-4)11-13(15)12-16-3/h7-8,11,16H,5-6,9-10,12H2,1-4H3. The van der Waals surface area contributed by atoms with E-state index in [9.17, 15) is 0 Å². The zero-order chi connectivity index (χ0) is 14.1. The summed E-state index contributed by atoms with van der Waals surface area (Å²) in [6, 6.07) is 5.93. The lowest BCUT2D eigenvalue weighted by Crippen LogP contribution is -2.28. The molecule has 4 heteroatoms. The van der Waals surface area contributed by atoms with Crippen LogP contribution in [0.2, 0.25) is 0 Å². The lowest BCUT2D eigenvalue weighted by atomic mass is 10.2. The molecule has 0 spiro atoms. The minimum atomic E-state index is 0.713. The first-order valence-corrected chi connectivity index (χ1v) is 6.91. The van der Waals surface area contributed by atoms with Gasteiger partial charge in [0, 0.05) is 18.7 Å². The zero-order valence-electron chi connectivity index (χ0n) is 12.5. The maximum Gasteiger partial charge on any atom is 0.124 e. The Labute approximate surface area is 116 Å². The Bertz CT molecular complexity index is 365. The monoisotopic (exact) mass is 266 g/mol. The first kappa shape index (κ1) is 15.8. The van der Waals surface area contributed by atoms with Gasteiger partial charge in [-0.25, -0.2) is 0 Å². The lowest BCUT2D eigenvalue weighted by Gasteiger charge is -2.19. The van der Waals surface area contributed by atoms with Crippen molar-refractivity contribution in [2.45, 2.75) is 20.4 Å². The zero-order valence-corrected chi connectivity index (χ0v) is 12.5. The second kappa shape index (κ2) is 8.77. The summed E-state index contributed by atoms with van der Waals surface area (Å²) in [5.41, 5.74) is 1.13. The highest BCUT2D eigenvalue weighted by atomic mass is 16.5. The van der Waals surface area contributed by atoms with Crippen molar-refractivity contribution < 1.29 is 9.47 Å². The molecule has 19 heavy (non-hydrogen) atoms. The molecule has 1 aromatic rings. The van der Waals surface area contributed by atoms with Crippen LogP contribution in [-0.4, -0.2) is 45.3 Å². The summed E-state index contributed by atoms with van der Waals surface area (Å²) in [6.07, 6.45) is 0. The largest absolute Gasteiger partial charge is 0.497 e. The fourth-order valence-electron chi connectivity index (χ4n) is 1.98. The van der Waals surface area contributed by atoms with Gasteiger partial charge >= 0.3 is 0 Å². The van der Waals surface area contributed by atoms with E-state index in [1.807, 2.05) is 25.2 Å². The van der Waals surface area contributed by atoms with Crippen LogP contribution in [0, 0.1) is 0 Å². The molecule has 0 aromatic heterocycles. The van der Waals surface area contributed by atoms with E-state index < -0.39 is 0 Å². The smallest absolute Gasteiger partial charge is 0.124 e. The van der Waals surface area contributed by atoms with Crippen molar-refractivity contribution in [2.24, 2.45) is 0 Å². The summed E-state index contributed by atoms with van der Waals surface area (Å²) in [7, 11) is 3.61. The van der Waals surface area contributed by atoms with Crippen LogP contribution in [0.5, 0.6) is 11.5 Å². The third-order valence-corrected chi connectivity index (χ3v) is 3.19.